The molecule has 8 heteroatoms. The number of ether oxygens (including phenoxy) is 3. The van der Waals surface area contributed by atoms with Crippen LogP contribution in [0.5, 0.6) is 11.5 Å². The van der Waals surface area contributed by atoms with E-state index in [4.69, 9.17) is 25.8 Å². The summed E-state index contributed by atoms with van der Waals surface area (Å²) in [5.74, 6) is -0.248. The summed E-state index contributed by atoms with van der Waals surface area (Å²) in [6, 6.07) is 10.3. The second-order valence-corrected chi connectivity index (χ2v) is 6.60. The molecular formula is C18H17BrClNO5. The Morgan fingerprint density at radius 1 is 1.12 bits per heavy atom. The molecule has 2 aromatic carbocycles. The van der Waals surface area contributed by atoms with Crippen LogP contribution in [-0.2, 0) is 14.3 Å². The quantitative estimate of drug-likeness (QED) is 0.657. The Kier molecular flexibility index (Phi) is 7.29. The van der Waals surface area contributed by atoms with Gasteiger partial charge in [0.05, 0.1) is 17.8 Å². The van der Waals surface area contributed by atoms with Crippen molar-refractivity contribution in [3.63, 3.8) is 0 Å². The van der Waals surface area contributed by atoms with Crippen LogP contribution in [0.25, 0.3) is 0 Å². The predicted molar refractivity (Wildman–Crippen MR) is 102 cm³/mol. The van der Waals surface area contributed by atoms with Crippen molar-refractivity contribution in [1.82, 2.24) is 0 Å². The Bertz CT molecular complexity index is 812. The second kappa shape index (κ2) is 9.45. The number of esters is 1. The maximum absolute atomic E-state index is 11.8. The fraction of sp³-hybridized carbons (Fsp3) is 0.222. The van der Waals surface area contributed by atoms with E-state index >= 15 is 0 Å². The molecule has 0 aliphatic carbocycles. The van der Waals surface area contributed by atoms with Crippen LogP contribution in [0.1, 0.15) is 5.56 Å². The zero-order valence-electron chi connectivity index (χ0n) is 14.2. The maximum Gasteiger partial charge on any atom is 0.344 e. The summed E-state index contributed by atoms with van der Waals surface area (Å²) in [5, 5.41) is 2.93. The van der Waals surface area contributed by atoms with Gasteiger partial charge >= 0.3 is 5.97 Å². The van der Waals surface area contributed by atoms with Gasteiger partial charge in [0, 0.05) is 4.47 Å². The van der Waals surface area contributed by atoms with E-state index in [-0.39, 0.29) is 6.61 Å². The van der Waals surface area contributed by atoms with Crippen LogP contribution in [0.2, 0.25) is 5.02 Å². The van der Waals surface area contributed by atoms with E-state index in [1.54, 1.807) is 30.3 Å². The highest BCUT2D eigenvalue weighted by Gasteiger charge is 2.12. The lowest BCUT2D eigenvalue weighted by Gasteiger charge is -2.11. The lowest BCUT2D eigenvalue weighted by atomic mass is 10.2. The molecule has 0 saturated heterocycles. The van der Waals surface area contributed by atoms with Crippen molar-refractivity contribution in [1.29, 1.82) is 0 Å². The first-order chi connectivity index (χ1) is 12.4. The summed E-state index contributed by atoms with van der Waals surface area (Å²) >= 11 is 9.28. The highest BCUT2D eigenvalue weighted by Crippen LogP contribution is 2.28. The standard InChI is InChI=1S/C18H17BrClNO5/c1-11-3-6-15(16(7-11)24-2)25-10-18(23)26-9-17(22)21-14-5-4-12(19)8-13(14)20/h3-8H,9-10H2,1-2H3,(H,21,22). The fourth-order valence-corrected chi connectivity index (χ4v) is 2.72. The van der Waals surface area contributed by atoms with Crippen LogP contribution in [0.15, 0.2) is 40.9 Å². The number of carbonyl (C=O) groups excluding carboxylic acids is 2. The number of aryl methyl sites for hydroxylation is 1. The number of halogens is 2. The molecule has 26 heavy (non-hydrogen) atoms. The van der Waals surface area contributed by atoms with Crippen molar-refractivity contribution < 1.29 is 23.8 Å². The third kappa shape index (κ3) is 5.93. The van der Waals surface area contributed by atoms with E-state index < -0.39 is 18.5 Å². The molecule has 0 spiro atoms. The summed E-state index contributed by atoms with van der Waals surface area (Å²) < 4.78 is 16.2. The SMILES string of the molecule is COc1cc(C)ccc1OCC(=O)OCC(=O)Nc1ccc(Br)cc1Cl. The number of methoxy groups -OCH3 is 1. The highest BCUT2D eigenvalue weighted by atomic mass is 79.9. The summed E-state index contributed by atoms with van der Waals surface area (Å²) in [4.78, 5) is 23.6. The van der Waals surface area contributed by atoms with E-state index in [0.717, 1.165) is 10.0 Å². The van der Waals surface area contributed by atoms with Crippen molar-refractivity contribution in [2.75, 3.05) is 25.6 Å². The van der Waals surface area contributed by atoms with Gasteiger partial charge < -0.3 is 19.5 Å². The lowest BCUT2D eigenvalue weighted by molar-refractivity contribution is -0.149. The molecule has 0 aliphatic rings. The van der Waals surface area contributed by atoms with Crippen molar-refractivity contribution in [3.05, 3.63) is 51.5 Å². The summed E-state index contributed by atoms with van der Waals surface area (Å²) in [7, 11) is 1.51. The number of amides is 1. The van der Waals surface area contributed by atoms with Crippen LogP contribution in [-0.4, -0.2) is 32.2 Å². The molecule has 6 nitrogen and oxygen atoms in total. The smallest absolute Gasteiger partial charge is 0.344 e. The van der Waals surface area contributed by atoms with Gasteiger partial charge in [-0.05, 0) is 42.8 Å². The van der Waals surface area contributed by atoms with Crippen molar-refractivity contribution in [3.8, 4) is 11.5 Å². The van der Waals surface area contributed by atoms with E-state index in [1.807, 2.05) is 13.0 Å². The van der Waals surface area contributed by atoms with Gasteiger partial charge in [-0.1, -0.05) is 33.6 Å². The van der Waals surface area contributed by atoms with Gasteiger partial charge in [0.2, 0.25) is 0 Å². The summed E-state index contributed by atoms with van der Waals surface area (Å²) in [5.41, 5.74) is 1.43. The molecule has 1 N–H and O–H groups in total. The zero-order chi connectivity index (χ0) is 19.1. The molecule has 2 aromatic rings. The molecule has 1 amide bonds. The predicted octanol–water partition coefficient (Wildman–Crippen LogP) is 3.98. The van der Waals surface area contributed by atoms with Gasteiger partial charge in [0.25, 0.3) is 5.91 Å². The molecule has 0 fully saturated rings. The minimum absolute atomic E-state index is 0.342. The largest absolute Gasteiger partial charge is 0.493 e. The van der Waals surface area contributed by atoms with E-state index in [9.17, 15) is 9.59 Å². The second-order valence-electron chi connectivity index (χ2n) is 5.28. The first-order valence-corrected chi connectivity index (χ1v) is 8.74. The van der Waals surface area contributed by atoms with Gasteiger partial charge in [-0.2, -0.15) is 0 Å². The molecule has 0 heterocycles. The highest BCUT2D eigenvalue weighted by molar-refractivity contribution is 9.10. The fourth-order valence-electron chi connectivity index (χ4n) is 2.00. The number of carbonyl (C=O) groups is 2. The Morgan fingerprint density at radius 3 is 2.58 bits per heavy atom. The average Bonchev–Trinajstić information content (AvgIpc) is 2.61. The molecule has 0 saturated carbocycles. The molecular weight excluding hydrogens is 426 g/mol. The van der Waals surface area contributed by atoms with Crippen molar-refractivity contribution in [2.45, 2.75) is 6.92 Å². The zero-order valence-corrected chi connectivity index (χ0v) is 16.5. The van der Waals surface area contributed by atoms with Gasteiger partial charge in [-0.3, -0.25) is 4.79 Å². The van der Waals surface area contributed by atoms with Crippen LogP contribution < -0.4 is 14.8 Å². The molecule has 2 rings (SSSR count). The molecule has 0 bridgehead atoms. The molecule has 138 valence electrons. The Labute approximate surface area is 164 Å². The molecule has 0 unspecified atom stereocenters. The number of nitrogens with one attached hydrogen (secondary N) is 1. The Balaban J connectivity index is 1.80. The molecule has 0 aliphatic heterocycles. The number of rotatable bonds is 7. The topological polar surface area (TPSA) is 73.9 Å². The molecule has 0 radical (unpaired) electrons. The van der Waals surface area contributed by atoms with Crippen LogP contribution >= 0.6 is 27.5 Å². The Hall–Kier alpha value is -2.25. The van der Waals surface area contributed by atoms with Crippen molar-refractivity contribution >= 4 is 45.1 Å². The minimum atomic E-state index is -0.676. The van der Waals surface area contributed by atoms with Crippen LogP contribution in [0.4, 0.5) is 5.69 Å². The maximum atomic E-state index is 11.8. The number of hydrogen-bond acceptors (Lipinski definition) is 5. The van der Waals surface area contributed by atoms with Crippen LogP contribution in [0, 0.1) is 6.92 Å². The van der Waals surface area contributed by atoms with Gasteiger partial charge in [0.1, 0.15) is 0 Å². The monoisotopic (exact) mass is 441 g/mol. The first-order valence-electron chi connectivity index (χ1n) is 7.57. The Morgan fingerprint density at radius 2 is 1.88 bits per heavy atom. The normalized spacial score (nSPS) is 10.2. The van der Waals surface area contributed by atoms with Gasteiger partial charge in [0.15, 0.2) is 24.7 Å². The van der Waals surface area contributed by atoms with Gasteiger partial charge in [-0.25, -0.2) is 4.79 Å². The van der Waals surface area contributed by atoms with E-state index in [2.05, 4.69) is 21.2 Å². The third-order valence-electron chi connectivity index (χ3n) is 3.23. The minimum Gasteiger partial charge on any atom is -0.493 e. The summed E-state index contributed by atoms with van der Waals surface area (Å²) in [6.07, 6.45) is 0. The van der Waals surface area contributed by atoms with Crippen LogP contribution in [0.3, 0.4) is 0 Å². The molecule has 0 aromatic heterocycles. The number of benzene rings is 2. The average molecular weight is 443 g/mol. The number of anilines is 1. The number of hydrogen-bond donors (Lipinski definition) is 1. The summed E-state index contributed by atoms with van der Waals surface area (Å²) in [6.45, 7) is 1.13. The van der Waals surface area contributed by atoms with Crippen molar-refractivity contribution in [2.24, 2.45) is 0 Å². The van der Waals surface area contributed by atoms with Gasteiger partial charge in [-0.15, -0.1) is 0 Å². The lowest BCUT2D eigenvalue weighted by Crippen LogP contribution is -2.23. The van der Waals surface area contributed by atoms with E-state index in [1.165, 1.54) is 7.11 Å². The van der Waals surface area contributed by atoms with E-state index in [0.29, 0.717) is 22.2 Å². The first kappa shape index (κ1) is 20.1. The molecule has 0 atom stereocenters. The third-order valence-corrected chi connectivity index (χ3v) is 4.04.